The maximum Gasteiger partial charge on any atom is 0.253 e. The second-order valence-electron chi connectivity index (χ2n) is 8.70. The Bertz CT molecular complexity index is 1020. The summed E-state index contributed by atoms with van der Waals surface area (Å²) in [6.07, 6.45) is 2.54. The third-order valence-corrected chi connectivity index (χ3v) is 6.09. The molecule has 1 aliphatic rings. The normalized spacial score (nSPS) is 14.3. The van der Waals surface area contributed by atoms with Gasteiger partial charge in [0.2, 0.25) is 5.91 Å². The molecule has 1 fully saturated rings. The zero-order valence-electron chi connectivity index (χ0n) is 18.9. The first-order valence-corrected chi connectivity index (χ1v) is 11.9. The summed E-state index contributed by atoms with van der Waals surface area (Å²) in [5.74, 6) is -0.525. The Morgan fingerprint density at radius 1 is 1.03 bits per heavy atom. The molecule has 2 aromatic rings. The van der Waals surface area contributed by atoms with Gasteiger partial charge < -0.3 is 15.5 Å². The predicted octanol–water partition coefficient (Wildman–Crippen LogP) is 4.69. The number of nitrogens with zero attached hydrogens (tertiary/aromatic N) is 1. The smallest absolute Gasteiger partial charge is 0.253 e. The van der Waals surface area contributed by atoms with Gasteiger partial charge in [-0.1, -0.05) is 49.2 Å². The maximum absolute atomic E-state index is 12.9. The number of hydrogen-bond acceptors (Lipinski definition) is 3. The molecule has 176 valence electrons. The summed E-state index contributed by atoms with van der Waals surface area (Å²) in [5, 5.41) is 6.33. The SMILES string of the molecule is CC(C)CC(NC(=O)c1ccc(Cl)cc1Cl)C(=O)NCc1cccc(C(=O)N2CCCC2)c1. The van der Waals surface area contributed by atoms with Crippen LogP contribution in [0.25, 0.3) is 0 Å². The monoisotopic (exact) mass is 489 g/mol. The van der Waals surface area contributed by atoms with Crippen LogP contribution in [0.1, 0.15) is 59.4 Å². The van der Waals surface area contributed by atoms with Crippen molar-refractivity contribution in [1.29, 1.82) is 0 Å². The molecule has 6 nitrogen and oxygen atoms in total. The van der Waals surface area contributed by atoms with Crippen LogP contribution in [0.3, 0.4) is 0 Å². The van der Waals surface area contributed by atoms with Gasteiger partial charge in [0.25, 0.3) is 11.8 Å². The van der Waals surface area contributed by atoms with Crippen LogP contribution in [-0.2, 0) is 11.3 Å². The number of likely N-dealkylation sites (tertiary alicyclic amines) is 1. The molecule has 0 spiro atoms. The maximum atomic E-state index is 12.9. The molecule has 0 aliphatic carbocycles. The first-order valence-electron chi connectivity index (χ1n) is 11.2. The van der Waals surface area contributed by atoms with E-state index in [1.54, 1.807) is 12.1 Å². The fraction of sp³-hybridized carbons (Fsp3) is 0.400. The first kappa shape index (κ1) is 25.1. The summed E-state index contributed by atoms with van der Waals surface area (Å²) < 4.78 is 0. The largest absolute Gasteiger partial charge is 0.350 e. The molecule has 1 saturated heterocycles. The lowest BCUT2D eigenvalue weighted by Gasteiger charge is -2.21. The number of hydrogen-bond donors (Lipinski definition) is 2. The van der Waals surface area contributed by atoms with Gasteiger partial charge in [-0.15, -0.1) is 0 Å². The van der Waals surface area contributed by atoms with E-state index in [0.29, 0.717) is 17.0 Å². The van der Waals surface area contributed by atoms with Gasteiger partial charge in [-0.2, -0.15) is 0 Å². The third kappa shape index (κ3) is 6.95. The second kappa shape index (κ2) is 11.5. The van der Waals surface area contributed by atoms with Crippen molar-refractivity contribution in [2.75, 3.05) is 13.1 Å². The van der Waals surface area contributed by atoms with Crippen molar-refractivity contribution in [2.45, 2.75) is 45.7 Å². The van der Waals surface area contributed by atoms with Crippen LogP contribution in [0, 0.1) is 5.92 Å². The molecule has 2 N–H and O–H groups in total. The van der Waals surface area contributed by atoms with Crippen LogP contribution in [0.4, 0.5) is 0 Å². The lowest BCUT2D eigenvalue weighted by molar-refractivity contribution is -0.123. The van der Waals surface area contributed by atoms with Gasteiger partial charge in [-0.3, -0.25) is 14.4 Å². The van der Waals surface area contributed by atoms with Crippen LogP contribution in [-0.4, -0.2) is 41.8 Å². The van der Waals surface area contributed by atoms with Crippen molar-refractivity contribution in [3.8, 4) is 0 Å². The molecule has 0 radical (unpaired) electrons. The summed E-state index contributed by atoms with van der Waals surface area (Å²) in [4.78, 5) is 40.2. The zero-order valence-corrected chi connectivity index (χ0v) is 20.4. The fourth-order valence-electron chi connectivity index (χ4n) is 3.84. The molecule has 8 heteroatoms. The average Bonchev–Trinajstić information content (AvgIpc) is 3.31. The Labute approximate surface area is 204 Å². The lowest BCUT2D eigenvalue weighted by Crippen LogP contribution is -2.47. The molecule has 2 aromatic carbocycles. The van der Waals surface area contributed by atoms with Gasteiger partial charge >= 0.3 is 0 Å². The molecule has 0 saturated carbocycles. The van der Waals surface area contributed by atoms with Crippen LogP contribution in [0.5, 0.6) is 0 Å². The Hall–Kier alpha value is -2.57. The van der Waals surface area contributed by atoms with E-state index in [4.69, 9.17) is 23.2 Å². The van der Waals surface area contributed by atoms with Crippen molar-refractivity contribution in [2.24, 2.45) is 5.92 Å². The molecule has 0 aromatic heterocycles. The predicted molar refractivity (Wildman–Crippen MR) is 131 cm³/mol. The van der Waals surface area contributed by atoms with Gasteiger partial charge in [-0.05, 0) is 61.1 Å². The number of carbonyl (C=O) groups excluding carboxylic acids is 3. The Kier molecular flexibility index (Phi) is 8.75. The summed E-state index contributed by atoms with van der Waals surface area (Å²) in [6.45, 7) is 5.79. The minimum Gasteiger partial charge on any atom is -0.350 e. The number of benzene rings is 2. The van der Waals surface area contributed by atoms with Crippen molar-refractivity contribution >= 4 is 40.9 Å². The molecule has 33 heavy (non-hydrogen) atoms. The van der Waals surface area contributed by atoms with Gasteiger partial charge in [0, 0.05) is 30.2 Å². The van der Waals surface area contributed by atoms with Gasteiger partial charge in [-0.25, -0.2) is 0 Å². The topological polar surface area (TPSA) is 78.5 Å². The standard InChI is InChI=1S/C25H29Cl2N3O3/c1-16(2)12-22(29-23(31)20-9-8-19(26)14-21(20)27)24(32)28-15-17-6-5-7-18(13-17)25(33)30-10-3-4-11-30/h5-9,13-14,16,22H,3-4,10-12,15H2,1-2H3,(H,28,32)(H,29,31). The number of amides is 3. The quantitative estimate of drug-likeness (QED) is 0.564. The van der Waals surface area contributed by atoms with Gasteiger partial charge in [0.1, 0.15) is 6.04 Å². The number of nitrogens with one attached hydrogen (secondary N) is 2. The number of carbonyl (C=O) groups is 3. The Morgan fingerprint density at radius 2 is 1.76 bits per heavy atom. The fourth-order valence-corrected chi connectivity index (χ4v) is 4.34. The van der Waals surface area contributed by atoms with Crippen molar-refractivity contribution in [1.82, 2.24) is 15.5 Å². The molecule has 1 atom stereocenters. The molecule has 0 bridgehead atoms. The van der Waals surface area contributed by atoms with E-state index < -0.39 is 11.9 Å². The highest BCUT2D eigenvalue weighted by Crippen LogP contribution is 2.21. The van der Waals surface area contributed by atoms with Gasteiger partial charge in [0.05, 0.1) is 10.6 Å². The molecule has 3 rings (SSSR count). The molecule has 1 aliphatic heterocycles. The lowest BCUT2D eigenvalue weighted by atomic mass is 10.0. The summed E-state index contributed by atoms with van der Waals surface area (Å²) in [6, 6.07) is 11.2. The highest BCUT2D eigenvalue weighted by atomic mass is 35.5. The Balaban J connectivity index is 1.64. The molecular weight excluding hydrogens is 461 g/mol. The summed E-state index contributed by atoms with van der Waals surface area (Å²) >= 11 is 12.1. The van der Waals surface area contributed by atoms with E-state index in [0.717, 1.165) is 31.5 Å². The van der Waals surface area contributed by atoms with E-state index >= 15 is 0 Å². The van der Waals surface area contributed by atoms with E-state index in [-0.39, 0.29) is 34.9 Å². The van der Waals surface area contributed by atoms with E-state index in [1.807, 2.05) is 36.9 Å². The molecular formula is C25H29Cl2N3O3. The molecule has 1 unspecified atom stereocenters. The second-order valence-corrected chi connectivity index (χ2v) is 9.54. The average molecular weight is 490 g/mol. The van der Waals surface area contributed by atoms with Crippen molar-refractivity contribution < 1.29 is 14.4 Å². The molecule has 1 heterocycles. The summed E-state index contributed by atoms with van der Waals surface area (Å²) in [5.41, 5.74) is 1.70. The number of halogens is 2. The van der Waals surface area contributed by atoms with Gasteiger partial charge in [0.15, 0.2) is 0 Å². The van der Waals surface area contributed by atoms with Crippen LogP contribution in [0.2, 0.25) is 10.0 Å². The highest BCUT2D eigenvalue weighted by Gasteiger charge is 2.24. The number of rotatable bonds is 8. The van der Waals surface area contributed by atoms with E-state index in [9.17, 15) is 14.4 Å². The van der Waals surface area contributed by atoms with E-state index in [1.165, 1.54) is 12.1 Å². The first-order chi connectivity index (χ1) is 15.7. The molecule has 3 amide bonds. The Morgan fingerprint density at radius 3 is 2.42 bits per heavy atom. The zero-order chi connectivity index (χ0) is 24.0. The van der Waals surface area contributed by atoms with E-state index in [2.05, 4.69) is 10.6 Å². The minimum atomic E-state index is -0.723. The third-order valence-electron chi connectivity index (χ3n) is 5.54. The minimum absolute atomic E-state index is 0.0190. The van der Waals surface area contributed by atoms with Crippen molar-refractivity contribution in [3.63, 3.8) is 0 Å². The van der Waals surface area contributed by atoms with Crippen LogP contribution < -0.4 is 10.6 Å². The summed E-state index contributed by atoms with van der Waals surface area (Å²) in [7, 11) is 0. The van der Waals surface area contributed by atoms with Crippen LogP contribution in [0.15, 0.2) is 42.5 Å². The van der Waals surface area contributed by atoms with Crippen LogP contribution >= 0.6 is 23.2 Å². The highest BCUT2D eigenvalue weighted by molar-refractivity contribution is 6.36. The van der Waals surface area contributed by atoms with Crippen molar-refractivity contribution in [3.05, 3.63) is 69.2 Å².